The summed E-state index contributed by atoms with van der Waals surface area (Å²) in [7, 11) is 0. The van der Waals surface area contributed by atoms with Crippen molar-refractivity contribution in [3.05, 3.63) is 30.1 Å². The Kier molecular flexibility index (Phi) is 4.37. The lowest BCUT2D eigenvalue weighted by molar-refractivity contribution is -0.149. The maximum Gasteiger partial charge on any atom is 0.346 e. The average molecular weight is 361 g/mol. The molecular weight excluding hydrogens is 337 g/mol. The molecule has 4 aliphatic carbocycles. The Morgan fingerprint density at radius 2 is 1.65 bits per heavy atom. The molecule has 0 saturated heterocycles. The number of carboxylic acid groups (broad SMARTS) is 1. The molecule has 5 nitrogen and oxygen atoms in total. The summed E-state index contributed by atoms with van der Waals surface area (Å²) >= 11 is 0. The molecule has 1 aromatic carbocycles. The number of carbonyl (C=O) groups excluding carboxylic acids is 1. The van der Waals surface area contributed by atoms with Gasteiger partial charge in [0.15, 0.2) is 0 Å². The summed E-state index contributed by atoms with van der Waals surface area (Å²) in [5.74, 6) is 0.626. The highest BCUT2D eigenvalue weighted by atomic mass is 19.1. The van der Waals surface area contributed by atoms with Crippen LogP contribution in [-0.2, 0) is 9.59 Å². The lowest BCUT2D eigenvalue weighted by atomic mass is 9.49. The van der Waals surface area contributed by atoms with E-state index in [0.29, 0.717) is 17.8 Å². The van der Waals surface area contributed by atoms with E-state index in [1.54, 1.807) is 0 Å². The summed E-state index contributed by atoms with van der Waals surface area (Å²) in [4.78, 5) is 24.4. The van der Waals surface area contributed by atoms with Gasteiger partial charge in [0.1, 0.15) is 11.6 Å². The second-order valence-electron chi connectivity index (χ2n) is 8.31. The molecule has 4 fully saturated rings. The van der Waals surface area contributed by atoms with Crippen molar-refractivity contribution < 1.29 is 23.8 Å². The van der Waals surface area contributed by atoms with Crippen LogP contribution in [0.2, 0.25) is 0 Å². The topological polar surface area (TPSA) is 75.6 Å². The molecule has 0 aromatic heterocycles. The Balaban J connectivity index is 1.39. The predicted molar refractivity (Wildman–Crippen MR) is 92.1 cm³/mol. The van der Waals surface area contributed by atoms with Crippen molar-refractivity contribution in [1.29, 1.82) is 0 Å². The number of amides is 1. The van der Waals surface area contributed by atoms with Crippen molar-refractivity contribution in [2.24, 2.45) is 23.2 Å². The minimum atomic E-state index is -1.20. The molecule has 6 heteroatoms. The van der Waals surface area contributed by atoms with Crippen molar-refractivity contribution >= 4 is 11.9 Å². The van der Waals surface area contributed by atoms with Gasteiger partial charge in [0.25, 0.3) is 0 Å². The SMILES string of the molecule is O=C(O)C(CNC(=O)C12CC3CC(CC(C3)C1)C2)Oc1ccc(F)cc1. The van der Waals surface area contributed by atoms with Crippen LogP contribution in [0.4, 0.5) is 4.39 Å². The number of hydrogen-bond acceptors (Lipinski definition) is 3. The van der Waals surface area contributed by atoms with Crippen LogP contribution in [0.25, 0.3) is 0 Å². The monoisotopic (exact) mass is 361 g/mol. The molecule has 0 aliphatic heterocycles. The maximum absolute atomic E-state index is 13.0. The van der Waals surface area contributed by atoms with Crippen LogP contribution in [0.5, 0.6) is 5.75 Å². The van der Waals surface area contributed by atoms with Gasteiger partial charge in [-0.3, -0.25) is 4.79 Å². The molecule has 4 bridgehead atoms. The first-order valence-corrected chi connectivity index (χ1v) is 9.37. The molecule has 1 unspecified atom stereocenters. The molecule has 4 saturated carbocycles. The van der Waals surface area contributed by atoms with E-state index in [4.69, 9.17) is 4.74 Å². The van der Waals surface area contributed by atoms with Gasteiger partial charge in [0.2, 0.25) is 12.0 Å². The third-order valence-corrected chi connectivity index (χ3v) is 6.34. The largest absolute Gasteiger partial charge is 0.478 e. The van der Waals surface area contributed by atoms with E-state index in [-0.39, 0.29) is 23.6 Å². The molecule has 1 amide bonds. The Labute approximate surface area is 151 Å². The number of halogens is 1. The van der Waals surface area contributed by atoms with Crippen molar-refractivity contribution in [3.8, 4) is 5.75 Å². The Bertz CT molecular complexity index is 667. The fraction of sp³-hybridized carbons (Fsp3) is 0.600. The molecule has 26 heavy (non-hydrogen) atoms. The highest BCUT2D eigenvalue weighted by Crippen LogP contribution is 2.60. The zero-order valence-electron chi connectivity index (χ0n) is 14.6. The number of benzene rings is 1. The summed E-state index contributed by atoms with van der Waals surface area (Å²) in [6.45, 7) is -0.0900. The van der Waals surface area contributed by atoms with E-state index in [2.05, 4.69) is 5.32 Å². The summed E-state index contributed by atoms with van der Waals surface area (Å²) in [5.41, 5.74) is -0.312. The van der Waals surface area contributed by atoms with Crippen LogP contribution in [-0.4, -0.2) is 29.6 Å². The first-order chi connectivity index (χ1) is 12.4. The van der Waals surface area contributed by atoms with Gasteiger partial charge >= 0.3 is 5.97 Å². The minimum absolute atomic E-state index is 0.0226. The first kappa shape index (κ1) is 17.3. The van der Waals surface area contributed by atoms with Crippen LogP contribution in [0.1, 0.15) is 38.5 Å². The molecule has 1 atom stereocenters. The quantitative estimate of drug-likeness (QED) is 0.817. The predicted octanol–water partition coefficient (Wildman–Crippen LogP) is 2.99. The molecular formula is C20H24FNO4. The number of ether oxygens (including phenoxy) is 1. The first-order valence-electron chi connectivity index (χ1n) is 9.37. The number of hydrogen-bond donors (Lipinski definition) is 2. The summed E-state index contributed by atoms with van der Waals surface area (Å²) in [6, 6.07) is 5.18. The zero-order chi connectivity index (χ0) is 18.3. The Morgan fingerprint density at radius 3 is 2.15 bits per heavy atom. The summed E-state index contributed by atoms with van der Waals surface area (Å²) in [5, 5.41) is 12.2. The van der Waals surface area contributed by atoms with Crippen LogP contribution in [0, 0.1) is 29.0 Å². The molecule has 140 valence electrons. The fourth-order valence-electron chi connectivity index (χ4n) is 5.62. The van der Waals surface area contributed by atoms with Gasteiger partial charge in [-0.05, 0) is 80.5 Å². The second-order valence-corrected chi connectivity index (χ2v) is 8.31. The smallest absolute Gasteiger partial charge is 0.346 e. The van der Waals surface area contributed by atoms with E-state index in [0.717, 1.165) is 19.3 Å². The second kappa shape index (κ2) is 6.56. The molecule has 5 rings (SSSR count). The number of aliphatic carboxylic acids is 1. The fourth-order valence-corrected chi connectivity index (χ4v) is 5.62. The highest BCUT2D eigenvalue weighted by Gasteiger charge is 2.54. The lowest BCUT2D eigenvalue weighted by Crippen LogP contribution is -2.55. The van der Waals surface area contributed by atoms with Gasteiger partial charge in [0, 0.05) is 5.41 Å². The number of nitrogens with one attached hydrogen (secondary N) is 1. The van der Waals surface area contributed by atoms with Crippen molar-refractivity contribution in [1.82, 2.24) is 5.32 Å². The normalized spacial score (nSPS) is 32.9. The van der Waals surface area contributed by atoms with Gasteiger partial charge in [-0.25, -0.2) is 9.18 Å². The number of carboxylic acids is 1. The third kappa shape index (κ3) is 3.29. The minimum Gasteiger partial charge on any atom is -0.478 e. The zero-order valence-corrected chi connectivity index (χ0v) is 14.6. The Hall–Kier alpha value is -2.11. The molecule has 1 aromatic rings. The van der Waals surface area contributed by atoms with Crippen molar-refractivity contribution in [3.63, 3.8) is 0 Å². The van der Waals surface area contributed by atoms with E-state index < -0.39 is 17.9 Å². The average Bonchev–Trinajstić information content (AvgIpc) is 2.58. The Morgan fingerprint density at radius 1 is 1.12 bits per heavy atom. The van der Waals surface area contributed by atoms with Crippen LogP contribution in [0.3, 0.4) is 0 Å². The lowest BCUT2D eigenvalue weighted by Gasteiger charge is -2.55. The highest BCUT2D eigenvalue weighted by molar-refractivity contribution is 5.84. The van der Waals surface area contributed by atoms with Gasteiger partial charge in [0.05, 0.1) is 6.54 Å². The molecule has 2 N–H and O–H groups in total. The van der Waals surface area contributed by atoms with Gasteiger partial charge in [-0.15, -0.1) is 0 Å². The standard InChI is InChI=1S/C20H24FNO4/c21-15-1-3-16(4-2-15)26-17(18(23)24)11-22-19(25)20-8-12-5-13(9-20)7-14(6-12)10-20/h1-4,12-14,17H,5-11H2,(H,22,25)(H,23,24). The molecule has 4 aliphatic rings. The summed E-state index contributed by atoms with van der Waals surface area (Å²) < 4.78 is 18.4. The van der Waals surface area contributed by atoms with Crippen molar-refractivity contribution in [2.45, 2.75) is 44.6 Å². The molecule has 0 radical (unpaired) electrons. The summed E-state index contributed by atoms with van der Waals surface area (Å²) in [6.07, 6.45) is 5.34. The maximum atomic E-state index is 13.0. The third-order valence-electron chi connectivity index (χ3n) is 6.34. The number of carbonyl (C=O) groups is 2. The van der Waals surface area contributed by atoms with E-state index in [9.17, 15) is 19.1 Å². The molecule has 0 spiro atoms. The van der Waals surface area contributed by atoms with E-state index >= 15 is 0 Å². The van der Waals surface area contributed by atoms with Crippen LogP contribution in [0.15, 0.2) is 24.3 Å². The molecule has 0 heterocycles. The van der Waals surface area contributed by atoms with Gasteiger partial charge in [-0.1, -0.05) is 0 Å². The van der Waals surface area contributed by atoms with E-state index in [1.165, 1.54) is 43.5 Å². The van der Waals surface area contributed by atoms with Crippen LogP contribution >= 0.6 is 0 Å². The van der Waals surface area contributed by atoms with Gasteiger partial charge < -0.3 is 15.2 Å². The number of rotatable bonds is 6. The van der Waals surface area contributed by atoms with E-state index in [1.807, 2.05) is 0 Å². The van der Waals surface area contributed by atoms with Gasteiger partial charge in [-0.2, -0.15) is 0 Å². The van der Waals surface area contributed by atoms with Crippen LogP contribution < -0.4 is 10.1 Å². The van der Waals surface area contributed by atoms with Crippen molar-refractivity contribution in [2.75, 3.05) is 6.54 Å².